The summed E-state index contributed by atoms with van der Waals surface area (Å²) in [5.41, 5.74) is 5.68. The predicted molar refractivity (Wildman–Crippen MR) is 186 cm³/mol. The number of hydrogen-bond acceptors (Lipinski definition) is 9. The molecule has 5 heterocycles. The average molecular weight is 712 g/mol. The number of anilines is 2. The van der Waals surface area contributed by atoms with Crippen LogP contribution in [0.1, 0.15) is 52.0 Å². The number of halogens is 4. The molecule has 9 nitrogen and oxygen atoms in total. The molecule has 3 fully saturated rings. The highest BCUT2D eigenvalue weighted by Crippen LogP contribution is 2.46. The van der Waals surface area contributed by atoms with E-state index in [1.54, 1.807) is 6.07 Å². The van der Waals surface area contributed by atoms with Gasteiger partial charge in [0.05, 0.1) is 26.9 Å². The van der Waals surface area contributed by atoms with Gasteiger partial charge in [-0.2, -0.15) is 15.2 Å². The summed E-state index contributed by atoms with van der Waals surface area (Å²) < 4.78 is 52.9. The van der Waals surface area contributed by atoms with Gasteiger partial charge in [0, 0.05) is 54.9 Å². The van der Waals surface area contributed by atoms with Crippen molar-refractivity contribution in [2.45, 2.75) is 70.2 Å². The molecule has 14 heteroatoms. The first kappa shape index (κ1) is 33.6. The molecule has 2 aromatic carbocycles. The molecule has 49 heavy (non-hydrogen) atoms. The summed E-state index contributed by atoms with van der Waals surface area (Å²) in [4.78, 5) is 28.2. The van der Waals surface area contributed by atoms with Crippen LogP contribution in [0.2, 0.25) is 5.02 Å². The average Bonchev–Trinajstić information content (AvgIpc) is 3.80. The minimum absolute atomic E-state index is 0.00926. The molecule has 7 rings (SSSR count). The number of likely N-dealkylation sites (N-methyl/N-ethyl adjacent to an activating group) is 1. The highest BCUT2D eigenvalue weighted by molar-refractivity contribution is 7.23. The van der Waals surface area contributed by atoms with Gasteiger partial charge in [0.2, 0.25) is 5.91 Å². The Bertz CT molecular complexity index is 2040. The fourth-order valence-electron chi connectivity index (χ4n) is 8.14. The van der Waals surface area contributed by atoms with Gasteiger partial charge in [-0.05, 0) is 50.4 Å². The molecule has 0 unspecified atom stereocenters. The number of fused-ring (bicyclic) bond motifs is 3. The number of aromatic nitrogens is 2. The van der Waals surface area contributed by atoms with E-state index in [1.807, 2.05) is 43.7 Å². The van der Waals surface area contributed by atoms with Gasteiger partial charge < -0.3 is 20.3 Å². The molecular formula is C35H37ClF3N7O2S. The van der Waals surface area contributed by atoms with Crippen LogP contribution in [0.3, 0.4) is 0 Å². The molecule has 2 aromatic heterocycles. The molecule has 2 N–H and O–H groups in total. The number of amides is 1. The van der Waals surface area contributed by atoms with E-state index in [0.717, 1.165) is 30.7 Å². The molecule has 0 aliphatic carbocycles. The molecule has 3 saturated heterocycles. The van der Waals surface area contributed by atoms with Gasteiger partial charge in [-0.1, -0.05) is 31.5 Å². The fourth-order valence-corrected chi connectivity index (χ4v) is 9.38. The fraction of sp³-hybridized carbons (Fsp3) is 0.486. The normalized spacial score (nSPS) is 23.9. The highest BCUT2D eigenvalue weighted by atomic mass is 35.5. The molecule has 0 saturated carbocycles. The summed E-state index contributed by atoms with van der Waals surface area (Å²) >= 11 is 7.78. The summed E-state index contributed by atoms with van der Waals surface area (Å²) in [6.45, 7) is 7.56. The number of nitriles is 1. The highest BCUT2D eigenvalue weighted by Gasteiger charge is 2.49. The zero-order chi connectivity index (χ0) is 34.9. The van der Waals surface area contributed by atoms with Gasteiger partial charge in [0.1, 0.15) is 41.0 Å². The van der Waals surface area contributed by atoms with Gasteiger partial charge in [0.25, 0.3) is 0 Å². The molecular weight excluding hydrogens is 675 g/mol. The van der Waals surface area contributed by atoms with Crippen molar-refractivity contribution in [3.05, 3.63) is 40.4 Å². The lowest BCUT2D eigenvalue weighted by atomic mass is 9.95. The maximum absolute atomic E-state index is 17.1. The van der Waals surface area contributed by atoms with E-state index in [-0.39, 0.29) is 78.8 Å². The molecule has 4 aromatic rings. The smallest absolute Gasteiger partial charge is 0.319 e. The van der Waals surface area contributed by atoms with E-state index in [0.29, 0.717) is 37.1 Å². The van der Waals surface area contributed by atoms with Crippen molar-refractivity contribution in [3.63, 3.8) is 0 Å². The Morgan fingerprint density at radius 3 is 2.82 bits per heavy atom. The van der Waals surface area contributed by atoms with E-state index in [9.17, 15) is 18.8 Å². The summed E-state index contributed by atoms with van der Waals surface area (Å²) in [6.07, 6.45) is 1.74. The maximum atomic E-state index is 17.1. The number of hydrogen-bond donors (Lipinski definition) is 1. The van der Waals surface area contributed by atoms with Crippen molar-refractivity contribution < 1.29 is 22.7 Å². The zero-order valence-corrected chi connectivity index (χ0v) is 29.3. The van der Waals surface area contributed by atoms with Crippen LogP contribution in [0, 0.1) is 28.9 Å². The number of likely N-dealkylation sites (tertiary alicyclic amines) is 1. The minimum Gasteiger partial charge on any atom is -0.461 e. The van der Waals surface area contributed by atoms with E-state index in [1.165, 1.54) is 12.1 Å². The van der Waals surface area contributed by atoms with Crippen LogP contribution in [0.4, 0.5) is 24.0 Å². The van der Waals surface area contributed by atoms with Crippen LogP contribution < -0.4 is 15.4 Å². The number of benzene rings is 2. The number of alkyl halides is 1. The first-order valence-corrected chi connectivity index (χ1v) is 17.7. The quantitative estimate of drug-likeness (QED) is 0.220. The third-order valence-electron chi connectivity index (χ3n) is 10.6. The Kier molecular flexibility index (Phi) is 8.56. The van der Waals surface area contributed by atoms with Gasteiger partial charge >= 0.3 is 6.01 Å². The monoisotopic (exact) mass is 711 g/mol. The van der Waals surface area contributed by atoms with Crippen molar-refractivity contribution >= 4 is 60.7 Å². The molecule has 3 aliphatic heterocycles. The van der Waals surface area contributed by atoms with Crippen LogP contribution in [0.25, 0.3) is 32.1 Å². The molecule has 4 atom stereocenters. The number of nitrogens with zero attached hydrogens (tertiary/aromatic N) is 6. The van der Waals surface area contributed by atoms with Crippen LogP contribution in [-0.2, 0) is 4.79 Å². The number of rotatable bonds is 7. The number of ether oxygens (including phenoxy) is 1. The Morgan fingerprint density at radius 2 is 2.08 bits per heavy atom. The minimum atomic E-state index is -0.956. The standard InChI is InChI=1S/C35H37ClF3N7O2S/c1-17(2)33(47)46-11-8-25(18(46)3)44(4)32-21-12-23(36)27(20-6-7-24(38)30-26(20)22(14-40)31(41)49-30)28(39)29(21)42-34(43-32)48-16-35-9-5-10-45(35)15-19(37)13-35/h6-7,12,17-19,25H,5,8-11,13,15-16,41H2,1-4H3/t18-,19-,25-,35+/m1/s1. The van der Waals surface area contributed by atoms with E-state index < -0.39 is 23.3 Å². The van der Waals surface area contributed by atoms with Crippen LogP contribution >= 0.6 is 22.9 Å². The first-order valence-electron chi connectivity index (χ1n) is 16.5. The van der Waals surface area contributed by atoms with Crippen molar-refractivity contribution in [2.75, 3.05) is 43.9 Å². The molecule has 3 aliphatic rings. The molecule has 1 amide bonds. The van der Waals surface area contributed by atoms with Crippen molar-refractivity contribution in [3.8, 4) is 23.2 Å². The van der Waals surface area contributed by atoms with Gasteiger partial charge in [-0.15, -0.1) is 11.3 Å². The Hall–Kier alpha value is -3.86. The van der Waals surface area contributed by atoms with Gasteiger partial charge in [-0.3, -0.25) is 9.69 Å². The number of thiophene rings is 1. The van der Waals surface area contributed by atoms with Crippen LogP contribution in [0.5, 0.6) is 6.01 Å². The molecule has 0 spiro atoms. The Labute approximate surface area is 291 Å². The summed E-state index contributed by atoms with van der Waals surface area (Å²) in [5, 5.41) is 10.5. The first-order chi connectivity index (χ1) is 23.3. The summed E-state index contributed by atoms with van der Waals surface area (Å²) in [6, 6.07) is 5.77. The lowest BCUT2D eigenvalue weighted by Crippen LogP contribution is -2.45. The lowest BCUT2D eigenvalue weighted by Gasteiger charge is -2.33. The molecule has 0 bridgehead atoms. The predicted octanol–water partition coefficient (Wildman–Crippen LogP) is 6.93. The lowest BCUT2D eigenvalue weighted by molar-refractivity contribution is -0.135. The third kappa shape index (κ3) is 5.43. The Morgan fingerprint density at radius 1 is 1.31 bits per heavy atom. The van der Waals surface area contributed by atoms with Crippen LogP contribution in [-0.4, -0.2) is 82.8 Å². The second-order valence-corrected chi connectivity index (χ2v) is 15.2. The van der Waals surface area contributed by atoms with Crippen molar-refractivity contribution in [2.24, 2.45) is 5.92 Å². The van der Waals surface area contributed by atoms with Gasteiger partial charge in [0.15, 0.2) is 5.82 Å². The Balaban J connectivity index is 1.37. The van der Waals surface area contributed by atoms with E-state index in [2.05, 4.69) is 9.88 Å². The number of carbonyl (C=O) groups is 1. The summed E-state index contributed by atoms with van der Waals surface area (Å²) in [5.74, 6) is -1.13. The SMILES string of the molecule is CC(C)C(=O)N1CC[C@@H](N(C)c2nc(OC[C@@]34CCCN3C[C@H](F)C4)nc3c(F)c(-c4ccc(F)c5sc(N)c(C#N)c45)c(Cl)cc23)[C@H]1C. The summed E-state index contributed by atoms with van der Waals surface area (Å²) in [7, 11) is 1.84. The number of carbonyl (C=O) groups excluding carboxylic acids is 1. The maximum Gasteiger partial charge on any atom is 0.319 e. The van der Waals surface area contributed by atoms with Crippen LogP contribution in [0.15, 0.2) is 18.2 Å². The largest absolute Gasteiger partial charge is 0.461 e. The van der Waals surface area contributed by atoms with E-state index >= 15 is 4.39 Å². The third-order valence-corrected chi connectivity index (χ3v) is 11.9. The number of nitrogen functional groups attached to an aromatic ring is 1. The second kappa shape index (κ2) is 12.5. The number of nitrogens with two attached hydrogens (primary N) is 1. The van der Waals surface area contributed by atoms with E-state index in [4.69, 9.17) is 27.1 Å². The van der Waals surface area contributed by atoms with Gasteiger partial charge in [-0.25, -0.2) is 13.2 Å². The topological polar surface area (TPSA) is 112 Å². The van der Waals surface area contributed by atoms with Crippen molar-refractivity contribution in [1.29, 1.82) is 5.26 Å². The second-order valence-electron chi connectivity index (χ2n) is 13.8. The molecule has 0 radical (unpaired) electrons. The zero-order valence-electron chi connectivity index (χ0n) is 27.7. The van der Waals surface area contributed by atoms with Crippen molar-refractivity contribution in [1.82, 2.24) is 19.8 Å². The molecule has 258 valence electrons.